The zero-order valence-corrected chi connectivity index (χ0v) is 72.1. The van der Waals surface area contributed by atoms with Crippen molar-refractivity contribution in [2.45, 2.75) is 49.4 Å². The number of nitrogens with zero attached hydrogens (tertiary/aromatic N) is 5. The van der Waals surface area contributed by atoms with Crippen LogP contribution in [0.5, 0.6) is 0 Å². The molecule has 3 aromatic heterocycles. The Hall–Kier alpha value is -15.6. The summed E-state index contributed by atoms with van der Waals surface area (Å²) >= 11 is 1.70. The average Bonchev–Trinajstić information content (AvgIpc) is 1.54. The number of thiophene rings is 1. The van der Waals surface area contributed by atoms with E-state index in [1.807, 2.05) is 0 Å². The summed E-state index contributed by atoms with van der Waals surface area (Å²) in [7, 11) is 0. The van der Waals surface area contributed by atoms with Gasteiger partial charge in [-0.1, -0.05) is 392 Å². The minimum absolute atomic E-state index is 0.141. The summed E-state index contributed by atoms with van der Waals surface area (Å²) in [6.07, 6.45) is 0. The molecule has 0 saturated carbocycles. The van der Waals surface area contributed by atoms with Gasteiger partial charge < -0.3 is 9.47 Å². The molecule has 22 aromatic rings. The van der Waals surface area contributed by atoms with E-state index < -0.39 is 10.8 Å². The molecule has 0 fully saturated rings. The van der Waals surface area contributed by atoms with Gasteiger partial charge in [0.1, 0.15) is 16.0 Å². The van der Waals surface area contributed by atoms with Crippen molar-refractivity contribution >= 4 is 109 Å². The molecule has 0 bridgehead atoms. The fraction of sp³-hybridized carbons (Fsp3) is 0.0656. The third kappa shape index (κ3) is 11.0. The van der Waals surface area contributed by atoms with Crippen LogP contribution in [0.4, 0.5) is 34.3 Å². The van der Waals surface area contributed by atoms with Crippen LogP contribution in [-0.4, -0.2) is 14.5 Å². The summed E-state index contributed by atoms with van der Waals surface area (Å²) in [6, 6.07) is 164. The molecule has 6 heteroatoms. The van der Waals surface area contributed by atoms with Crippen molar-refractivity contribution < 1.29 is 0 Å². The Labute approximate surface area is 748 Å². The van der Waals surface area contributed by atoms with E-state index in [1.165, 1.54) is 143 Å². The summed E-state index contributed by atoms with van der Waals surface area (Å²) in [5.74, 6) is 0.768. The number of anilines is 6. The van der Waals surface area contributed by atoms with Crippen LogP contribution in [0.2, 0.25) is 0 Å². The predicted molar refractivity (Wildman–Crippen MR) is 535 cm³/mol. The highest BCUT2D eigenvalue weighted by molar-refractivity contribution is 7.25. The van der Waals surface area contributed by atoms with Gasteiger partial charge in [0, 0.05) is 71.0 Å². The van der Waals surface area contributed by atoms with Crippen LogP contribution in [0.3, 0.4) is 0 Å². The quantitative estimate of drug-likeness (QED) is 0.122. The number of para-hydroxylation sites is 1. The summed E-state index contributed by atoms with van der Waals surface area (Å²) in [4.78, 5) is 17.2. The molecule has 0 unspecified atom stereocenters. The average molecular weight is 1650 g/mol. The summed E-state index contributed by atoms with van der Waals surface area (Å²) in [6.45, 7) is 9.56. The first-order valence-electron chi connectivity index (χ1n) is 44.5. The molecule has 604 valence electrons. The maximum Gasteiger partial charge on any atom is 0.165 e. The summed E-state index contributed by atoms with van der Waals surface area (Å²) in [5, 5.41) is 8.32. The Kier molecular flexibility index (Phi) is 17.0. The Morgan fingerprint density at radius 1 is 0.281 bits per heavy atom. The lowest BCUT2D eigenvalue weighted by Crippen LogP contribution is -2.28. The highest BCUT2D eigenvalue weighted by Gasteiger charge is 2.49. The molecule has 0 amide bonds. The fourth-order valence-electron chi connectivity index (χ4n) is 22.7. The lowest BCUT2D eigenvalue weighted by Gasteiger charge is -2.35. The zero-order chi connectivity index (χ0) is 85.1. The standard InChI is InChI=1S/C63H40N4S.C59H45N/c1-3-19-42(20-4-1)59-61(64-60-51-27-12-16-33-57(51)68-62(60)65-59)67(56-32-17-31-55-58(56)50-26-11-15-30-54(50)66(55)47-37-34-41-18-7-8-21-43(41)40-47)46-38-35-45(36-39-46)63(44-22-5-2-6-23-44)52-28-13-9-24-48(52)49-25-10-14-29-53(49)63;1-57(2)49-26-14-10-22-44(49)47-35-34-42(37-53(47)57)60(56-43-21-9-8-18-38(43)36-54-55(56)48-25-13-15-27-50(48)58(54,3)4)41-32-30-40(31-33-41)59(39-19-6-5-7-20-39)51-28-16-11-23-45(51)46-24-12-17-29-52(46)59/h1-40H;5-37H,1-4H3. The zero-order valence-electron chi connectivity index (χ0n) is 71.3. The molecular weight excluding hydrogens is 1570 g/mol. The van der Waals surface area contributed by atoms with Gasteiger partial charge in [-0.25, -0.2) is 9.97 Å². The maximum absolute atomic E-state index is 5.77. The highest BCUT2D eigenvalue weighted by Crippen LogP contribution is 2.62. The lowest BCUT2D eigenvalue weighted by molar-refractivity contribution is 0.660. The second-order valence-electron chi connectivity index (χ2n) is 35.7. The van der Waals surface area contributed by atoms with E-state index in [-0.39, 0.29) is 10.8 Å². The predicted octanol–water partition coefficient (Wildman–Crippen LogP) is 31.9. The van der Waals surface area contributed by atoms with Crippen molar-refractivity contribution in [3.05, 3.63) is 510 Å². The van der Waals surface area contributed by atoms with Crippen LogP contribution in [0.15, 0.2) is 443 Å². The summed E-state index contributed by atoms with van der Waals surface area (Å²) in [5.41, 5.74) is 36.5. The van der Waals surface area contributed by atoms with Gasteiger partial charge in [-0.05, 0) is 201 Å². The fourth-order valence-corrected chi connectivity index (χ4v) is 23.7. The molecule has 0 N–H and O–H groups in total. The van der Waals surface area contributed by atoms with Crippen molar-refractivity contribution in [2.75, 3.05) is 9.80 Å². The molecule has 26 rings (SSSR count). The van der Waals surface area contributed by atoms with Crippen LogP contribution < -0.4 is 9.80 Å². The number of hydrogen-bond acceptors (Lipinski definition) is 5. The SMILES string of the molecule is CC1(C)c2ccccc2-c2ccc(N(c3ccc(C4(c5ccccc5)c5ccccc5-c5ccccc54)cc3)c3c4c(cc5ccccc35)C(C)(C)c3ccccc3-4)cc21.c1ccc(-c2nc3sc4ccccc4c3nc2N(c2ccc(C3(c4ccccc4)c4ccccc4-c4ccccc43)cc2)c2cccc3c2c2ccccc2n3-c2ccc3ccccc3c2)cc1. The first-order chi connectivity index (χ1) is 63.0. The molecule has 3 heterocycles. The third-order valence-electron chi connectivity index (χ3n) is 28.4. The van der Waals surface area contributed by atoms with Gasteiger partial charge in [0.05, 0.1) is 33.2 Å². The largest absolute Gasteiger partial charge is 0.309 e. The van der Waals surface area contributed by atoms with E-state index in [4.69, 9.17) is 9.97 Å². The first-order valence-corrected chi connectivity index (χ1v) is 45.3. The second-order valence-corrected chi connectivity index (χ2v) is 36.7. The van der Waals surface area contributed by atoms with Crippen LogP contribution in [-0.2, 0) is 21.7 Å². The molecule has 128 heavy (non-hydrogen) atoms. The lowest BCUT2D eigenvalue weighted by atomic mass is 9.67. The molecule has 4 aliphatic carbocycles. The highest BCUT2D eigenvalue weighted by atomic mass is 32.1. The van der Waals surface area contributed by atoms with Crippen molar-refractivity contribution in [2.24, 2.45) is 0 Å². The molecule has 4 aliphatic rings. The number of hydrogen-bond donors (Lipinski definition) is 0. The molecule has 0 aliphatic heterocycles. The topological polar surface area (TPSA) is 37.2 Å². The molecule has 0 spiro atoms. The van der Waals surface area contributed by atoms with Crippen LogP contribution in [0.1, 0.15) is 94.5 Å². The number of benzene rings is 19. The van der Waals surface area contributed by atoms with Gasteiger partial charge in [-0.3, -0.25) is 4.90 Å². The minimum atomic E-state index is -0.533. The van der Waals surface area contributed by atoms with Gasteiger partial charge in [0.2, 0.25) is 0 Å². The van der Waals surface area contributed by atoms with Crippen molar-refractivity contribution in [3.63, 3.8) is 0 Å². The van der Waals surface area contributed by atoms with Gasteiger partial charge in [0.15, 0.2) is 5.82 Å². The molecule has 0 atom stereocenters. The van der Waals surface area contributed by atoms with Gasteiger partial charge in [-0.2, -0.15) is 0 Å². The second kappa shape index (κ2) is 29.0. The van der Waals surface area contributed by atoms with Crippen LogP contribution in [0.25, 0.3) is 125 Å². The minimum Gasteiger partial charge on any atom is -0.309 e. The van der Waals surface area contributed by atoms with Crippen LogP contribution >= 0.6 is 11.3 Å². The van der Waals surface area contributed by atoms with Gasteiger partial charge in [-0.15, -0.1) is 11.3 Å². The molecule has 19 aromatic carbocycles. The van der Waals surface area contributed by atoms with Gasteiger partial charge >= 0.3 is 0 Å². The summed E-state index contributed by atoms with van der Waals surface area (Å²) < 4.78 is 3.58. The molecule has 0 radical (unpaired) electrons. The van der Waals surface area contributed by atoms with E-state index in [2.05, 4.69) is 485 Å². The number of aromatic nitrogens is 3. The van der Waals surface area contributed by atoms with Crippen molar-refractivity contribution in [1.29, 1.82) is 0 Å². The van der Waals surface area contributed by atoms with Crippen LogP contribution in [0, 0.1) is 0 Å². The normalized spacial score (nSPS) is 14.0. The van der Waals surface area contributed by atoms with Crippen molar-refractivity contribution in [1.82, 2.24) is 14.5 Å². The number of fused-ring (bicyclic) bond motifs is 20. The van der Waals surface area contributed by atoms with E-state index in [0.29, 0.717) is 0 Å². The van der Waals surface area contributed by atoms with E-state index in [0.717, 1.165) is 83.1 Å². The first kappa shape index (κ1) is 75.0. The third-order valence-corrected chi connectivity index (χ3v) is 29.5. The Morgan fingerprint density at radius 3 is 1.32 bits per heavy atom. The molecular formula is C122H85N5S. The number of rotatable bonds is 12. The smallest absolute Gasteiger partial charge is 0.165 e. The van der Waals surface area contributed by atoms with Crippen molar-refractivity contribution in [3.8, 4) is 61.5 Å². The molecule has 5 nitrogen and oxygen atoms in total. The van der Waals surface area contributed by atoms with E-state index >= 15 is 0 Å². The van der Waals surface area contributed by atoms with E-state index in [9.17, 15) is 0 Å². The Morgan fingerprint density at radius 2 is 0.719 bits per heavy atom. The monoisotopic (exact) mass is 1650 g/mol. The van der Waals surface area contributed by atoms with Gasteiger partial charge in [0.25, 0.3) is 0 Å². The Bertz CT molecular complexity index is 8170. The molecule has 0 saturated heterocycles. The van der Waals surface area contributed by atoms with E-state index in [1.54, 1.807) is 11.3 Å². The maximum atomic E-state index is 5.77. The Balaban J connectivity index is 0.000000140.